The van der Waals surface area contributed by atoms with Gasteiger partial charge in [-0.25, -0.2) is 8.42 Å². The summed E-state index contributed by atoms with van der Waals surface area (Å²) in [5, 5.41) is 2.85. The average molecular weight is 391 g/mol. The van der Waals surface area contributed by atoms with Crippen LogP contribution in [-0.4, -0.2) is 38.3 Å². The molecule has 0 aliphatic heterocycles. The minimum absolute atomic E-state index is 0.157. The third-order valence-corrected chi connectivity index (χ3v) is 6.35. The molecule has 0 aromatic heterocycles. The molecule has 2 aromatic carbocycles. The third-order valence-electron chi connectivity index (χ3n) is 4.28. The zero-order chi connectivity index (χ0) is 20.0. The van der Waals surface area contributed by atoms with Crippen LogP contribution < -0.4 is 10.1 Å². The van der Waals surface area contributed by atoms with Gasteiger partial charge in [0.15, 0.2) is 6.61 Å². The first-order chi connectivity index (χ1) is 12.8. The van der Waals surface area contributed by atoms with Crippen molar-refractivity contribution in [3.05, 3.63) is 53.6 Å². The third kappa shape index (κ3) is 5.08. The molecule has 2 rings (SSSR count). The van der Waals surface area contributed by atoms with Gasteiger partial charge in [-0.15, -0.1) is 0 Å². The normalized spacial score (nSPS) is 11.4. The molecule has 0 bridgehead atoms. The summed E-state index contributed by atoms with van der Waals surface area (Å²) in [6.45, 7) is 8.12. The number of nitrogens with one attached hydrogen (secondary N) is 1. The van der Waals surface area contributed by atoms with Crippen molar-refractivity contribution < 1.29 is 17.9 Å². The van der Waals surface area contributed by atoms with E-state index >= 15 is 0 Å². The SMILES string of the molecule is CCN(CC)S(=O)(=O)c1ccc(OCC(=O)Nc2c(C)cccc2C)cc1. The fourth-order valence-electron chi connectivity index (χ4n) is 2.76. The minimum atomic E-state index is -3.50. The van der Waals surface area contributed by atoms with Crippen molar-refractivity contribution in [1.82, 2.24) is 4.31 Å². The number of hydrogen-bond acceptors (Lipinski definition) is 4. The van der Waals surface area contributed by atoms with E-state index in [1.807, 2.05) is 32.0 Å². The van der Waals surface area contributed by atoms with E-state index in [1.54, 1.807) is 26.0 Å². The maximum Gasteiger partial charge on any atom is 0.262 e. The van der Waals surface area contributed by atoms with Crippen molar-refractivity contribution in [2.75, 3.05) is 25.0 Å². The van der Waals surface area contributed by atoms with Crippen LogP contribution in [0.15, 0.2) is 47.4 Å². The Balaban J connectivity index is 2.00. The summed E-state index contributed by atoms with van der Waals surface area (Å²) in [5.41, 5.74) is 2.75. The molecular weight excluding hydrogens is 364 g/mol. The number of aryl methyl sites for hydroxylation is 2. The highest BCUT2D eigenvalue weighted by Crippen LogP contribution is 2.21. The van der Waals surface area contributed by atoms with E-state index in [1.165, 1.54) is 16.4 Å². The van der Waals surface area contributed by atoms with Gasteiger partial charge < -0.3 is 10.1 Å². The second-order valence-electron chi connectivity index (χ2n) is 6.16. The highest BCUT2D eigenvalue weighted by atomic mass is 32.2. The first kappa shape index (κ1) is 20.9. The van der Waals surface area contributed by atoms with E-state index in [9.17, 15) is 13.2 Å². The van der Waals surface area contributed by atoms with Crippen LogP contribution in [0.4, 0.5) is 5.69 Å². The van der Waals surface area contributed by atoms with Crippen LogP contribution in [0.1, 0.15) is 25.0 Å². The predicted octanol–water partition coefficient (Wildman–Crippen LogP) is 3.35. The lowest BCUT2D eigenvalue weighted by Gasteiger charge is -2.18. The number of carbonyl (C=O) groups excluding carboxylic acids is 1. The Morgan fingerprint density at radius 2 is 1.56 bits per heavy atom. The number of sulfonamides is 1. The number of para-hydroxylation sites is 1. The minimum Gasteiger partial charge on any atom is -0.484 e. The smallest absolute Gasteiger partial charge is 0.262 e. The Morgan fingerprint density at radius 3 is 2.07 bits per heavy atom. The molecular formula is C20H26N2O4S. The van der Waals surface area contributed by atoms with Gasteiger partial charge in [-0.2, -0.15) is 4.31 Å². The van der Waals surface area contributed by atoms with E-state index in [0.29, 0.717) is 18.8 Å². The van der Waals surface area contributed by atoms with Crippen molar-refractivity contribution in [2.24, 2.45) is 0 Å². The van der Waals surface area contributed by atoms with Gasteiger partial charge in [0.05, 0.1) is 4.90 Å². The highest BCUT2D eigenvalue weighted by Gasteiger charge is 2.21. The number of carbonyl (C=O) groups is 1. The van der Waals surface area contributed by atoms with Gasteiger partial charge in [0, 0.05) is 18.8 Å². The topological polar surface area (TPSA) is 75.7 Å². The second-order valence-corrected chi connectivity index (χ2v) is 8.10. The van der Waals surface area contributed by atoms with Gasteiger partial charge in [-0.05, 0) is 49.2 Å². The fraction of sp³-hybridized carbons (Fsp3) is 0.350. The highest BCUT2D eigenvalue weighted by molar-refractivity contribution is 7.89. The Bertz CT molecular complexity index is 868. The molecule has 7 heteroatoms. The Kier molecular flexibility index (Phi) is 6.98. The first-order valence-corrected chi connectivity index (χ1v) is 10.3. The molecule has 1 N–H and O–H groups in total. The van der Waals surface area contributed by atoms with Gasteiger partial charge in [0.2, 0.25) is 10.0 Å². The molecule has 0 unspecified atom stereocenters. The summed E-state index contributed by atoms with van der Waals surface area (Å²) in [6.07, 6.45) is 0. The van der Waals surface area contributed by atoms with E-state index in [0.717, 1.165) is 16.8 Å². The summed E-state index contributed by atoms with van der Waals surface area (Å²) in [5.74, 6) is 0.164. The molecule has 0 radical (unpaired) electrons. The molecule has 0 atom stereocenters. The molecule has 0 saturated carbocycles. The number of hydrogen-bond donors (Lipinski definition) is 1. The van der Waals surface area contributed by atoms with Crippen LogP contribution in [0, 0.1) is 13.8 Å². The van der Waals surface area contributed by atoms with Crippen molar-refractivity contribution in [1.29, 1.82) is 0 Å². The maximum absolute atomic E-state index is 12.5. The van der Waals surface area contributed by atoms with Gasteiger partial charge in [0.1, 0.15) is 5.75 Å². The van der Waals surface area contributed by atoms with Crippen molar-refractivity contribution in [3.8, 4) is 5.75 Å². The Hall–Kier alpha value is -2.38. The van der Waals surface area contributed by atoms with Gasteiger partial charge in [-0.1, -0.05) is 32.0 Å². The predicted molar refractivity (Wildman–Crippen MR) is 107 cm³/mol. The monoisotopic (exact) mass is 390 g/mol. The van der Waals surface area contributed by atoms with Crippen molar-refractivity contribution in [3.63, 3.8) is 0 Å². The summed E-state index contributed by atoms with van der Waals surface area (Å²) in [4.78, 5) is 12.4. The van der Waals surface area contributed by atoms with Crippen molar-refractivity contribution in [2.45, 2.75) is 32.6 Å². The summed E-state index contributed by atoms with van der Waals surface area (Å²) in [7, 11) is -3.50. The van der Waals surface area contributed by atoms with E-state index in [2.05, 4.69) is 5.32 Å². The quantitative estimate of drug-likeness (QED) is 0.750. The molecule has 6 nitrogen and oxygen atoms in total. The molecule has 146 valence electrons. The van der Waals surface area contributed by atoms with E-state index < -0.39 is 10.0 Å². The van der Waals surface area contributed by atoms with Gasteiger partial charge in [0.25, 0.3) is 5.91 Å². The summed E-state index contributed by atoms with van der Waals surface area (Å²) in [6, 6.07) is 11.9. The van der Waals surface area contributed by atoms with E-state index in [-0.39, 0.29) is 17.4 Å². The Labute approximate surface area is 161 Å². The molecule has 0 aliphatic carbocycles. The number of nitrogens with zero attached hydrogens (tertiary/aromatic N) is 1. The molecule has 0 fully saturated rings. The zero-order valence-corrected chi connectivity index (χ0v) is 17.0. The van der Waals surface area contributed by atoms with Crippen LogP contribution in [0.25, 0.3) is 0 Å². The average Bonchev–Trinajstić information content (AvgIpc) is 2.64. The number of amides is 1. The van der Waals surface area contributed by atoms with Crippen LogP contribution in [0.2, 0.25) is 0 Å². The van der Waals surface area contributed by atoms with Crippen LogP contribution >= 0.6 is 0 Å². The van der Waals surface area contributed by atoms with Gasteiger partial charge >= 0.3 is 0 Å². The lowest BCUT2D eigenvalue weighted by atomic mass is 10.1. The van der Waals surface area contributed by atoms with Gasteiger partial charge in [-0.3, -0.25) is 4.79 Å². The van der Waals surface area contributed by atoms with E-state index in [4.69, 9.17) is 4.74 Å². The Morgan fingerprint density at radius 1 is 1.00 bits per heavy atom. The molecule has 0 saturated heterocycles. The molecule has 1 amide bonds. The lowest BCUT2D eigenvalue weighted by Crippen LogP contribution is -2.30. The number of ether oxygens (including phenoxy) is 1. The van der Waals surface area contributed by atoms with Crippen LogP contribution in [0.5, 0.6) is 5.75 Å². The molecule has 27 heavy (non-hydrogen) atoms. The standard InChI is InChI=1S/C20H26N2O4S/c1-5-22(6-2)27(24,25)18-12-10-17(11-13-18)26-14-19(23)21-20-15(3)8-7-9-16(20)4/h7-13H,5-6,14H2,1-4H3,(H,21,23). The molecule has 0 aliphatic rings. The molecule has 0 heterocycles. The number of benzene rings is 2. The van der Waals surface area contributed by atoms with Crippen LogP contribution in [-0.2, 0) is 14.8 Å². The largest absolute Gasteiger partial charge is 0.484 e. The summed E-state index contributed by atoms with van der Waals surface area (Å²) >= 11 is 0. The zero-order valence-electron chi connectivity index (χ0n) is 16.2. The summed E-state index contributed by atoms with van der Waals surface area (Å²) < 4.78 is 31.8. The number of rotatable bonds is 8. The lowest BCUT2D eigenvalue weighted by molar-refractivity contribution is -0.118. The first-order valence-electron chi connectivity index (χ1n) is 8.88. The number of anilines is 1. The molecule has 0 spiro atoms. The van der Waals surface area contributed by atoms with Crippen molar-refractivity contribution >= 4 is 21.6 Å². The molecule has 2 aromatic rings. The second kappa shape index (κ2) is 9.01. The fourth-order valence-corrected chi connectivity index (χ4v) is 4.21. The van der Waals surface area contributed by atoms with Crippen LogP contribution in [0.3, 0.4) is 0 Å². The maximum atomic E-state index is 12.5.